The van der Waals surface area contributed by atoms with E-state index in [0.717, 1.165) is 49.0 Å². The van der Waals surface area contributed by atoms with Gasteiger partial charge in [0.2, 0.25) is 5.91 Å². The number of rotatable bonds is 6. The molecule has 0 aliphatic heterocycles. The zero-order valence-corrected chi connectivity index (χ0v) is 18.4. The van der Waals surface area contributed by atoms with E-state index >= 15 is 0 Å². The quantitative estimate of drug-likeness (QED) is 0.591. The van der Waals surface area contributed by atoms with Crippen LogP contribution in [0.5, 0.6) is 0 Å². The van der Waals surface area contributed by atoms with E-state index < -0.39 is 17.8 Å². The van der Waals surface area contributed by atoms with Gasteiger partial charge in [0.1, 0.15) is 5.00 Å². The largest absolute Gasteiger partial charge is 0.481 e. The van der Waals surface area contributed by atoms with Crippen LogP contribution in [0.25, 0.3) is 0 Å². The molecule has 2 fully saturated rings. The summed E-state index contributed by atoms with van der Waals surface area (Å²) in [6, 6.07) is 0.196. The minimum Gasteiger partial charge on any atom is -0.481 e. The third-order valence-corrected chi connectivity index (χ3v) is 8.12. The molecule has 30 heavy (non-hydrogen) atoms. The first-order valence-corrected chi connectivity index (χ1v) is 11.9. The van der Waals surface area contributed by atoms with E-state index in [1.54, 1.807) is 0 Å². The lowest BCUT2D eigenvalue weighted by atomic mass is 9.62. The number of carbonyl (C=O) groups is 3. The van der Waals surface area contributed by atoms with Crippen LogP contribution in [-0.4, -0.2) is 28.9 Å². The Morgan fingerprint density at radius 1 is 1.07 bits per heavy atom. The Morgan fingerprint density at radius 2 is 1.70 bits per heavy atom. The summed E-state index contributed by atoms with van der Waals surface area (Å²) in [5.74, 6) is -2.76. The number of allylic oxidation sites excluding steroid dienone is 2. The van der Waals surface area contributed by atoms with Crippen molar-refractivity contribution in [2.75, 3.05) is 5.32 Å². The highest BCUT2D eigenvalue weighted by Gasteiger charge is 2.48. The van der Waals surface area contributed by atoms with Crippen molar-refractivity contribution in [2.45, 2.75) is 64.8 Å². The third-order valence-electron chi connectivity index (χ3n) is 7.05. The van der Waals surface area contributed by atoms with Crippen LogP contribution < -0.4 is 10.6 Å². The number of carboxylic acid groups (broad SMARTS) is 1. The summed E-state index contributed by atoms with van der Waals surface area (Å²) in [6.07, 6.45) is 10.6. The lowest BCUT2D eigenvalue weighted by Gasteiger charge is -2.41. The number of hydrogen-bond acceptors (Lipinski definition) is 4. The molecule has 0 spiro atoms. The molecule has 1 heterocycles. The second-order valence-corrected chi connectivity index (χ2v) is 10.0. The fourth-order valence-corrected chi connectivity index (χ4v) is 6.69. The van der Waals surface area contributed by atoms with Gasteiger partial charge in [-0.1, -0.05) is 31.9 Å². The number of anilines is 1. The second-order valence-electron chi connectivity index (χ2n) is 8.82. The molecule has 1 aromatic heterocycles. The summed E-state index contributed by atoms with van der Waals surface area (Å²) in [4.78, 5) is 39.3. The van der Waals surface area contributed by atoms with Gasteiger partial charge in [-0.15, -0.1) is 11.3 Å². The Kier molecular flexibility index (Phi) is 6.00. The van der Waals surface area contributed by atoms with E-state index in [4.69, 9.17) is 0 Å². The molecule has 7 heteroatoms. The van der Waals surface area contributed by atoms with E-state index in [1.807, 2.05) is 26.0 Å². The van der Waals surface area contributed by atoms with Crippen molar-refractivity contribution in [3.63, 3.8) is 0 Å². The first kappa shape index (κ1) is 21.1. The second kappa shape index (κ2) is 8.53. The van der Waals surface area contributed by atoms with Crippen molar-refractivity contribution < 1.29 is 19.5 Å². The van der Waals surface area contributed by atoms with E-state index in [1.165, 1.54) is 11.3 Å². The van der Waals surface area contributed by atoms with Gasteiger partial charge in [0.25, 0.3) is 5.91 Å². The maximum Gasteiger partial charge on any atom is 0.307 e. The van der Waals surface area contributed by atoms with E-state index in [2.05, 4.69) is 10.6 Å². The van der Waals surface area contributed by atoms with Gasteiger partial charge in [-0.2, -0.15) is 0 Å². The number of hydrogen-bond donors (Lipinski definition) is 3. The number of aryl methyl sites for hydroxylation is 1. The van der Waals surface area contributed by atoms with Gasteiger partial charge in [-0.05, 0) is 56.4 Å². The highest BCUT2D eigenvalue weighted by molar-refractivity contribution is 7.16. The normalized spacial score (nSPS) is 27.9. The predicted molar refractivity (Wildman–Crippen MR) is 117 cm³/mol. The van der Waals surface area contributed by atoms with Crippen LogP contribution in [0.3, 0.4) is 0 Å². The number of thiophene rings is 1. The zero-order valence-electron chi connectivity index (χ0n) is 17.6. The summed E-state index contributed by atoms with van der Waals surface area (Å²) >= 11 is 1.42. The Hall–Kier alpha value is -2.15. The van der Waals surface area contributed by atoms with Gasteiger partial charge in [0, 0.05) is 10.9 Å². The topological polar surface area (TPSA) is 95.5 Å². The summed E-state index contributed by atoms with van der Waals surface area (Å²) in [7, 11) is 0. The molecule has 162 valence electrons. The van der Waals surface area contributed by atoms with Crippen molar-refractivity contribution in [2.24, 2.45) is 23.7 Å². The summed E-state index contributed by atoms with van der Waals surface area (Å²) in [5, 5.41) is 16.4. The molecule has 6 nitrogen and oxygen atoms in total. The number of carbonyl (C=O) groups excluding carboxylic acids is 2. The van der Waals surface area contributed by atoms with E-state index in [0.29, 0.717) is 17.0 Å². The van der Waals surface area contributed by atoms with Crippen LogP contribution in [-0.2, 0) is 16.0 Å². The Labute approximate surface area is 181 Å². The van der Waals surface area contributed by atoms with Crippen LogP contribution in [0.2, 0.25) is 0 Å². The fourth-order valence-electron chi connectivity index (χ4n) is 5.54. The molecule has 3 N–H and O–H groups in total. The Balaban J connectivity index is 1.59. The molecule has 1 aromatic rings. The maximum atomic E-state index is 13.3. The van der Waals surface area contributed by atoms with E-state index in [9.17, 15) is 19.5 Å². The van der Waals surface area contributed by atoms with Gasteiger partial charge in [0.15, 0.2) is 0 Å². The van der Waals surface area contributed by atoms with Gasteiger partial charge >= 0.3 is 5.97 Å². The van der Waals surface area contributed by atoms with Crippen molar-refractivity contribution in [1.82, 2.24) is 5.32 Å². The average Bonchev–Trinajstić information content (AvgIpc) is 3.34. The van der Waals surface area contributed by atoms with Crippen LogP contribution in [0.4, 0.5) is 5.00 Å². The molecular formula is C23H30N2O4S. The molecule has 0 aromatic carbocycles. The van der Waals surface area contributed by atoms with Gasteiger partial charge < -0.3 is 15.7 Å². The van der Waals surface area contributed by atoms with Gasteiger partial charge in [-0.3, -0.25) is 14.4 Å². The maximum absolute atomic E-state index is 13.3. The number of nitrogens with one attached hydrogen (secondary N) is 2. The smallest absolute Gasteiger partial charge is 0.307 e. The monoisotopic (exact) mass is 430 g/mol. The first-order chi connectivity index (χ1) is 14.4. The Bertz CT molecular complexity index is 884. The summed E-state index contributed by atoms with van der Waals surface area (Å²) < 4.78 is 0. The van der Waals surface area contributed by atoms with Crippen LogP contribution in [0.15, 0.2) is 12.2 Å². The van der Waals surface area contributed by atoms with Crippen LogP contribution >= 0.6 is 11.3 Å². The predicted octanol–water partition coefficient (Wildman–Crippen LogP) is 4.14. The first-order valence-electron chi connectivity index (χ1n) is 11.1. The molecule has 2 saturated carbocycles. The van der Waals surface area contributed by atoms with Crippen molar-refractivity contribution in [3.8, 4) is 0 Å². The highest BCUT2D eigenvalue weighted by atomic mass is 32.1. The molecule has 2 amide bonds. The minimum absolute atomic E-state index is 0.0569. The average molecular weight is 431 g/mol. The van der Waals surface area contributed by atoms with Crippen molar-refractivity contribution >= 4 is 34.1 Å². The van der Waals surface area contributed by atoms with Crippen molar-refractivity contribution in [1.29, 1.82) is 0 Å². The molecule has 4 aliphatic carbocycles. The molecule has 0 saturated heterocycles. The van der Waals surface area contributed by atoms with Crippen LogP contribution in [0, 0.1) is 30.6 Å². The van der Waals surface area contributed by atoms with Crippen LogP contribution in [0.1, 0.15) is 66.2 Å². The standard InChI is InChI=1S/C23H30N2O4S/c1-3-16-12(2)30-22(19(16)21(27)24-15-6-4-5-7-15)25-20(26)17-13-8-10-14(11-9-13)18(17)23(28)29/h8,10,13-15,17-18H,3-7,9,11H2,1-2H3,(H,24,27)(H,25,26)(H,28,29)/t13-,14+,17+,18+/m1/s1. The SMILES string of the molecule is CCc1c(C)sc(NC(=O)[C@@H]2[C@@H](C(=O)O)[C@H]3C=C[C@@H]2CC3)c1C(=O)NC1CCCC1. The molecule has 5 rings (SSSR count). The molecule has 4 aliphatic rings. The van der Waals surface area contributed by atoms with Gasteiger partial charge in [-0.25, -0.2) is 0 Å². The third kappa shape index (κ3) is 3.80. The van der Waals surface area contributed by atoms with Gasteiger partial charge in [0.05, 0.1) is 17.4 Å². The zero-order chi connectivity index (χ0) is 21.4. The molecule has 2 bridgehead atoms. The lowest BCUT2D eigenvalue weighted by Crippen LogP contribution is -2.47. The van der Waals surface area contributed by atoms with E-state index in [-0.39, 0.29) is 29.7 Å². The highest BCUT2D eigenvalue weighted by Crippen LogP contribution is 2.46. The molecule has 0 radical (unpaired) electrons. The lowest BCUT2D eigenvalue weighted by molar-refractivity contribution is -0.151. The minimum atomic E-state index is -0.912. The Morgan fingerprint density at radius 3 is 2.27 bits per heavy atom. The number of aliphatic carboxylic acids is 1. The molecule has 4 atom stereocenters. The fraction of sp³-hybridized carbons (Fsp3) is 0.609. The summed E-state index contributed by atoms with van der Waals surface area (Å²) in [5.41, 5.74) is 1.52. The molecular weight excluding hydrogens is 400 g/mol. The number of carboxylic acids is 1. The summed E-state index contributed by atoms with van der Waals surface area (Å²) in [6.45, 7) is 3.98. The van der Waals surface area contributed by atoms with Crippen molar-refractivity contribution in [3.05, 3.63) is 28.2 Å². The molecule has 0 unspecified atom stereocenters. The number of fused-ring (bicyclic) bond motifs is 2. The number of amides is 2.